The number of nitrogens with zero attached hydrogens (tertiary/aromatic N) is 1. The molecule has 4 aromatic rings. The van der Waals surface area contributed by atoms with Crippen molar-refractivity contribution >= 4 is 5.91 Å². The second kappa shape index (κ2) is 7.75. The van der Waals surface area contributed by atoms with Crippen LogP contribution in [0.15, 0.2) is 83.4 Å². The summed E-state index contributed by atoms with van der Waals surface area (Å²) in [6.45, 7) is 0.572. The van der Waals surface area contributed by atoms with Gasteiger partial charge in [-0.25, -0.2) is 0 Å². The fourth-order valence-corrected chi connectivity index (χ4v) is 3.30. The molecule has 1 aromatic heterocycles. The standard InChI is InChI=1S/C24H18N2O4/c27-24(25-14-16-6-11-21-23(12-16)29-15-28-21)20-13-22(30-26-20)19-9-7-18(8-10-19)17-4-2-1-3-5-17/h1-13H,14-15H2,(H,25,27). The minimum atomic E-state index is -0.302. The summed E-state index contributed by atoms with van der Waals surface area (Å²) < 4.78 is 16.0. The minimum Gasteiger partial charge on any atom is -0.454 e. The molecule has 0 saturated heterocycles. The predicted octanol–water partition coefficient (Wildman–Crippen LogP) is 4.67. The molecule has 30 heavy (non-hydrogen) atoms. The van der Waals surface area contributed by atoms with E-state index in [0.29, 0.717) is 23.8 Å². The van der Waals surface area contributed by atoms with E-state index in [1.807, 2.05) is 60.7 Å². The number of benzene rings is 3. The second-order valence-corrected chi connectivity index (χ2v) is 6.89. The minimum absolute atomic E-state index is 0.221. The second-order valence-electron chi connectivity index (χ2n) is 6.89. The molecule has 6 nitrogen and oxygen atoms in total. The Balaban J connectivity index is 1.25. The van der Waals surface area contributed by atoms with Crippen LogP contribution in [0.1, 0.15) is 16.1 Å². The van der Waals surface area contributed by atoms with E-state index in [2.05, 4.69) is 22.6 Å². The highest BCUT2D eigenvalue weighted by atomic mass is 16.7. The van der Waals surface area contributed by atoms with Gasteiger partial charge in [0.05, 0.1) is 0 Å². The highest BCUT2D eigenvalue weighted by molar-refractivity contribution is 5.93. The molecule has 1 amide bonds. The summed E-state index contributed by atoms with van der Waals surface area (Å²) in [5, 5.41) is 6.76. The van der Waals surface area contributed by atoms with Gasteiger partial charge in [-0.2, -0.15) is 0 Å². The lowest BCUT2D eigenvalue weighted by Gasteiger charge is -2.04. The first-order valence-corrected chi connectivity index (χ1v) is 9.55. The molecule has 1 N–H and O–H groups in total. The Hall–Kier alpha value is -4.06. The van der Waals surface area contributed by atoms with Crippen molar-refractivity contribution < 1.29 is 18.8 Å². The molecule has 0 unspecified atom stereocenters. The van der Waals surface area contributed by atoms with Gasteiger partial charge < -0.3 is 19.3 Å². The zero-order valence-electron chi connectivity index (χ0n) is 16.0. The normalized spacial score (nSPS) is 12.0. The lowest BCUT2D eigenvalue weighted by molar-refractivity contribution is 0.0942. The van der Waals surface area contributed by atoms with Gasteiger partial charge in [-0.3, -0.25) is 4.79 Å². The van der Waals surface area contributed by atoms with Gasteiger partial charge >= 0.3 is 0 Å². The van der Waals surface area contributed by atoms with Crippen LogP contribution in [-0.2, 0) is 6.54 Å². The number of amides is 1. The van der Waals surface area contributed by atoms with Crippen molar-refractivity contribution in [1.29, 1.82) is 0 Å². The van der Waals surface area contributed by atoms with E-state index in [4.69, 9.17) is 14.0 Å². The Morgan fingerprint density at radius 1 is 0.833 bits per heavy atom. The Morgan fingerprint density at radius 3 is 2.40 bits per heavy atom. The van der Waals surface area contributed by atoms with Gasteiger partial charge in [-0.1, -0.05) is 65.8 Å². The molecule has 3 aromatic carbocycles. The lowest BCUT2D eigenvalue weighted by atomic mass is 10.0. The average Bonchev–Trinajstić information content (AvgIpc) is 3.48. The van der Waals surface area contributed by atoms with Crippen molar-refractivity contribution in [2.45, 2.75) is 6.54 Å². The molecule has 5 rings (SSSR count). The zero-order valence-corrected chi connectivity index (χ0v) is 16.0. The van der Waals surface area contributed by atoms with Gasteiger partial charge in [-0.15, -0.1) is 0 Å². The number of rotatable bonds is 5. The number of ether oxygens (including phenoxy) is 2. The van der Waals surface area contributed by atoms with Gasteiger partial charge in [0, 0.05) is 18.2 Å². The fraction of sp³-hybridized carbons (Fsp3) is 0.0833. The maximum Gasteiger partial charge on any atom is 0.273 e. The van der Waals surface area contributed by atoms with Gasteiger partial charge in [-0.05, 0) is 28.8 Å². The third-order valence-corrected chi connectivity index (χ3v) is 4.91. The van der Waals surface area contributed by atoms with Crippen LogP contribution in [0.3, 0.4) is 0 Å². The maximum absolute atomic E-state index is 12.4. The van der Waals surface area contributed by atoms with Crippen molar-refractivity contribution in [3.05, 3.63) is 90.1 Å². The number of nitrogens with one attached hydrogen (secondary N) is 1. The third-order valence-electron chi connectivity index (χ3n) is 4.91. The average molecular weight is 398 g/mol. The molecular weight excluding hydrogens is 380 g/mol. The van der Waals surface area contributed by atoms with E-state index in [0.717, 1.165) is 22.3 Å². The smallest absolute Gasteiger partial charge is 0.273 e. The van der Waals surface area contributed by atoms with Gasteiger partial charge in [0.15, 0.2) is 23.0 Å². The first kappa shape index (κ1) is 18.0. The summed E-state index contributed by atoms with van der Waals surface area (Å²) in [4.78, 5) is 12.4. The maximum atomic E-state index is 12.4. The van der Waals surface area contributed by atoms with Crippen molar-refractivity contribution in [2.75, 3.05) is 6.79 Å². The highest BCUT2D eigenvalue weighted by Gasteiger charge is 2.16. The molecular formula is C24H18N2O4. The molecule has 0 fully saturated rings. The molecule has 2 heterocycles. The number of carbonyl (C=O) groups is 1. The molecule has 1 aliphatic rings. The van der Waals surface area contributed by atoms with E-state index < -0.39 is 0 Å². The number of fused-ring (bicyclic) bond motifs is 1. The van der Waals surface area contributed by atoms with Gasteiger partial charge in [0.25, 0.3) is 5.91 Å². The van der Waals surface area contributed by atoms with E-state index in [1.165, 1.54) is 0 Å². The van der Waals surface area contributed by atoms with Crippen LogP contribution in [0.5, 0.6) is 11.5 Å². The fourth-order valence-electron chi connectivity index (χ4n) is 3.30. The Morgan fingerprint density at radius 2 is 1.57 bits per heavy atom. The largest absolute Gasteiger partial charge is 0.454 e. The summed E-state index contributed by atoms with van der Waals surface area (Å²) >= 11 is 0. The van der Waals surface area contributed by atoms with Crippen LogP contribution in [0.4, 0.5) is 0 Å². The van der Waals surface area contributed by atoms with Crippen molar-refractivity contribution in [3.63, 3.8) is 0 Å². The van der Waals surface area contributed by atoms with Crippen LogP contribution < -0.4 is 14.8 Å². The number of hydrogen-bond donors (Lipinski definition) is 1. The van der Waals surface area contributed by atoms with E-state index >= 15 is 0 Å². The third kappa shape index (κ3) is 3.63. The summed E-state index contributed by atoms with van der Waals surface area (Å²) in [6, 6.07) is 25.3. The van der Waals surface area contributed by atoms with Crippen LogP contribution in [-0.4, -0.2) is 17.9 Å². The van der Waals surface area contributed by atoms with Gasteiger partial charge in [0.2, 0.25) is 6.79 Å². The molecule has 1 aliphatic heterocycles. The van der Waals surface area contributed by atoms with Crippen molar-refractivity contribution in [2.24, 2.45) is 0 Å². The molecule has 6 heteroatoms. The Bertz CT molecular complexity index is 1180. The summed E-state index contributed by atoms with van der Waals surface area (Å²) in [5.41, 5.74) is 4.26. The first-order valence-electron chi connectivity index (χ1n) is 9.55. The van der Waals surface area contributed by atoms with Crippen LogP contribution >= 0.6 is 0 Å². The summed E-state index contributed by atoms with van der Waals surface area (Å²) in [6.07, 6.45) is 0. The summed E-state index contributed by atoms with van der Waals surface area (Å²) in [7, 11) is 0. The summed E-state index contributed by atoms with van der Waals surface area (Å²) in [5.74, 6) is 1.64. The van der Waals surface area contributed by atoms with Crippen molar-refractivity contribution in [1.82, 2.24) is 10.5 Å². The van der Waals surface area contributed by atoms with Crippen LogP contribution in [0.2, 0.25) is 0 Å². The topological polar surface area (TPSA) is 73.6 Å². The monoisotopic (exact) mass is 398 g/mol. The SMILES string of the molecule is O=C(NCc1ccc2c(c1)OCO2)c1cc(-c2ccc(-c3ccccc3)cc2)on1. The van der Waals surface area contributed by atoms with Crippen LogP contribution in [0, 0.1) is 0 Å². The van der Waals surface area contributed by atoms with E-state index in [1.54, 1.807) is 6.07 Å². The molecule has 0 radical (unpaired) electrons. The van der Waals surface area contributed by atoms with E-state index in [9.17, 15) is 4.79 Å². The first-order chi connectivity index (χ1) is 14.8. The quantitative estimate of drug-likeness (QED) is 0.529. The van der Waals surface area contributed by atoms with Gasteiger partial charge in [0.1, 0.15) is 0 Å². The molecule has 0 atom stereocenters. The van der Waals surface area contributed by atoms with Crippen LogP contribution in [0.25, 0.3) is 22.5 Å². The zero-order chi connectivity index (χ0) is 20.3. The Kier molecular flexibility index (Phi) is 4.65. The molecule has 0 spiro atoms. The number of carbonyl (C=O) groups excluding carboxylic acids is 1. The Labute approximate surface area is 173 Å². The predicted molar refractivity (Wildman–Crippen MR) is 111 cm³/mol. The molecule has 148 valence electrons. The molecule has 0 saturated carbocycles. The highest BCUT2D eigenvalue weighted by Crippen LogP contribution is 2.32. The van der Waals surface area contributed by atoms with Crippen molar-refractivity contribution in [3.8, 4) is 33.9 Å². The molecule has 0 bridgehead atoms. The lowest BCUT2D eigenvalue weighted by Crippen LogP contribution is -2.22. The number of hydrogen-bond acceptors (Lipinski definition) is 5. The molecule has 0 aliphatic carbocycles. The van der Waals surface area contributed by atoms with E-state index in [-0.39, 0.29) is 18.4 Å². The number of aromatic nitrogens is 1.